The van der Waals surface area contributed by atoms with Crippen LogP contribution in [0, 0.1) is 12.7 Å². The number of hydrogen-bond acceptors (Lipinski definition) is 4. The number of aliphatic carboxylic acids is 1. The Bertz CT molecular complexity index is 669. The van der Waals surface area contributed by atoms with Crippen LogP contribution in [0.15, 0.2) is 24.3 Å². The highest BCUT2D eigenvalue weighted by Gasteiger charge is 2.18. The Kier molecular flexibility index (Phi) is 4.09. The molecule has 5 nitrogen and oxygen atoms in total. The van der Waals surface area contributed by atoms with Gasteiger partial charge in [0, 0.05) is 5.56 Å². The maximum atomic E-state index is 13.7. The van der Waals surface area contributed by atoms with E-state index in [0.29, 0.717) is 16.3 Å². The number of carboxylic acids is 1. The monoisotopic (exact) mass is 294 g/mol. The summed E-state index contributed by atoms with van der Waals surface area (Å²) in [6, 6.07) is 6.14. The molecular formula is C13H11FN2O3S. The van der Waals surface area contributed by atoms with Crippen molar-refractivity contribution in [2.24, 2.45) is 0 Å². The first-order valence-electron chi connectivity index (χ1n) is 5.71. The Morgan fingerprint density at radius 3 is 2.75 bits per heavy atom. The van der Waals surface area contributed by atoms with E-state index >= 15 is 0 Å². The quantitative estimate of drug-likeness (QED) is 0.904. The van der Waals surface area contributed by atoms with Gasteiger partial charge in [-0.05, 0) is 19.1 Å². The number of nitrogens with zero attached hydrogens (tertiary/aromatic N) is 1. The molecule has 104 valence electrons. The Labute approximate surface area is 118 Å². The minimum Gasteiger partial charge on any atom is -0.480 e. The Hall–Kier alpha value is -2.28. The van der Waals surface area contributed by atoms with Crippen LogP contribution >= 0.6 is 11.3 Å². The van der Waals surface area contributed by atoms with E-state index in [2.05, 4.69) is 10.3 Å². The summed E-state index contributed by atoms with van der Waals surface area (Å²) in [5.74, 6) is -2.07. The smallest absolute Gasteiger partial charge is 0.322 e. The van der Waals surface area contributed by atoms with Gasteiger partial charge >= 0.3 is 5.97 Å². The average molecular weight is 294 g/mol. The van der Waals surface area contributed by atoms with Crippen molar-refractivity contribution in [3.05, 3.63) is 40.7 Å². The van der Waals surface area contributed by atoms with Gasteiger partial charge in [0.15, 0.2) is 0 Å². The molecule has 1 aromatic carbocycles. The lowest BCUT2D eigenvalue weighted by atomic mass is 10.2. The van der Waals surface area contributed by atoms with Crippen molar-refractivity contribution in [2.45, 2.75) is 6.92 Å². The molecule has 0 spiro atoms. The fraction of sp³-hybridized carbons (Fsp3) is 0.154. The molecule has 0 unspecified atom stereocenters. The van der Waals surface area contributed by atoms with Gasteiger partial charge in [0.1, 0.15) is 22.2 Å². The van der Waals surface area contributed by atoms with Crippen molar-refractivity contribution in [3.63, 3.8) is 0 Å². The average Bonchev–Trinajstić information content (AvgIpc) is 2.78. The van der Waals surface area contributed by atoms with Crippen molar-refractivity contribution in [1.29, 1.82) is 0 Å². The highest BCUT2D eigenvalue weighted by Crippen LogP contribution is 2.29. The van der Waals surface area contributed by atoms with Crippen molar-refractivity contribution in [2.75, 3.05) is 6.54 Å². The van der Waals surface area contributed by atoms with Gasteiger partial charge in [-0.3, -0.25) is 9.59 Å². The number of carbonyl (C=O) groups is 2. The van der Waals surface area contributed by atoms with Gasteiger partial charge in [-0.2, -0.15) is 0 Å². The minimum atomic E-state index is -1.13. The van der Waals surface area contributed by atoms with Crippen LogP contribution in [-0.2, 0) is 4.79 Å². The second-order valence-electron chi connectivity index (χ2n) is 3.99. The van der Waals surface area contributed by atoms with Crippen LogP contribution in [0.4, 0.5) is 4.39 Å². The number of aromatic nitrogens is 1. The van der Waals surface area contributed by atoms with Crippen molar-refractivity contribution in [1.82, 2.24) is 10.3 Å². The molecule has 0 aliphatic carbocycles. The van der Waals surface area contributed by atoms with Gasteiger partial charge < -0.3 is 10.4 Å². The van der Waals surface area contributed by atoms with Crippen LogP contribution in [0.25, 0.3) is 10.6 Å². The molecule has 7 heteroatoms. The van der Waals surface area contributed by atoms with Crippen LogP contribution in [0.1, 0.15) is 15.4 Å². The van der Waals surface area contributed by atoms with Crippen molar-refractivity contribution in [3.8, 4) is 10.6 Å². The number of thiazole rings is 1. The van der Waals surface area contributed by atoms with E-state index in [-0.39, 0.29) is 4.88 Å². The molecule has 2 rings (SSSR count). The summed E-state index contributed by atoms with van der Waals surface area (Å²) >= 11 is 1.03. The maximum Gasteiger partial charge on any atom is 0.322 e. The first kappa shape index (κ1) is 14.1. The number of halogens is 1. The van der Waals surface area contributed by atoms with Crippen LogP contribution in [-0.4, -0.2) is 28.5 Å². The third-order valence-corrected chi connectivity index (χ3v) is 3.70. The van der Waals surface area contributed by atoms with Crippen molar-refractivity contribution < 1.29 is 19.1 Å². The maximum absolute atomic E-state index is 13.7. The molecule has 0 radical (unpaired) electrons. The van der Waals surface area contributed by atoms with E-state index in [9.17, 15) is 14.0 Å². The number of carbonyl (C=O) groups excluding carboxylic acids is 1. The van der Waals surface area contributed by atoms with Crippen LogP contribution in [0.3, 0.4) is 0 Å². The van der Waals surface area contributed by atoms with E-state index in [1.807, 2.05) is 0 Å². The van der Waals surface area contributed by atoms with E-state index < -0.39 is 24.2 Å². The second kappa shape index (κ2) is 5.79. The third-order valence-electron chi connectivity index (χ3n) is 2.51. The number of nitrogens with one attached hydrogen (secondary N) is 1. The van der Waals surface area contributed by atoms with E-state index in [1.165, 1.54) is 6.07 Å². The lowest BCUT2D eigenvalue weighted by Crippen LogP contribution is -2.29. The molecule has 2 aromatic rings. The predicted molar refractivity (Wildman–Crippen MR) is 72.2 cm³/mol. The van der Waals surface area contributed by atoms with Gasteiger partial charge in [-0.1, -0.05) is 12.1 Å². The number of benzene rings is 1. The first-order valence-corrected chi connectivity index (χ1v) is 6.53. The zero-order valence-electron chi connectivity index (χ0n) is 10.5. The van der Waals surface area contributed by atoms with E-state index in [1.54, 1.807) is 25.1 Å². The number of aryl methyl sites for hydroxylation is 1. The topological polar surface area (TPSA) is 79.3 Å². The fourth-order valence-electron chi connectivity index (χ4n) is 1.59. The highest BCUT2D eigenvalue weighted by atomic mass is 32.1. The number of amides is 1. The Balaban J connectivity index is 2.28. The van der Waals surface area contributed by atoms with Gasteiger partial charge in [0.2, 0.25) is 0 Å². The minimum absolute atomic E-state index is 0.282. The van der Waals surface area contributed by atoms with Crippen LogP contribution in [0.5, 0.6) is 0 Å². The summed E-state index contributed by atoms with van der Waals surface area (Å²) in [6.45, 7) is 1.15. The largest absolute Gasteiger partial charge is 0.480 e. The molecule has 1 aromatic heterocycles. The molecule has 1 amide bonds. The van der Waals surface area contributed by atoms with Gasteiger partial charge in [-0.25, -0.2) is 9.37 Å². The number of rotatable bonds is 4. The SMILES string of the molecule is Cc1nc(-c2ccccc2F)sc1C(=O)NCC(=O)O. The van der Waals surface area contributed by atoms with E-state index in [4.69, 9.17) is 5.11 Å². The Morgan fingerprint density at radius 2 is 2.10 bits per heavy atom. The molecule has 0 atom stereocenters. The van der Waals surface area contributed by atoms with Gasteiger partial charge in [-0.15, -0.1) is 11.3 Å². The van der Waals surface area contributed by atoms with Crippen molar-refractivity contribution >= 4 is 23.2 Å². The third kappa shape index (κ3) is 3.00. The lowest BCUT2D eigenvalue weighted by Gasteiger charge is -1.99. The molecule has 0 aliphatic heterocycles. The Morgan fingerprint density at radius 1 is 1.40 bits per heavy atom. The first-order chi connectivity index (χ1) is 9.49. The predicted octanol–water partition coefficient (Wildman–Crippen LogP) is 2.07. The summed E-state index contributed by atoms with van der Waals surface area (Å²) in [5.41, 5.74) is 0.758. The molecule has 20 heavy (non-hydrogen) atoms. The summed E-state index contributed by atoms with van der Waals surface area (Å²) in [4.78, 5) is 26.7. The highest BCUT2D eigenvalue weighted by molar-refractivity contribution is 7.17. The molecular weight excluding hydrogens is 283 g/mol. The van der Waals surface area contributed by atoms with Crippen LogP contribution in [0.2, 0.25) is 0 Å². The number of carboxylic acid groups (broad SMARTS) is 1. The van der Waals surface area contributed by atoms with Gasteiger partial charge in [0.25, 0.3) is 5.91 Å². The van der Waals surface area contributed by atoms with Gasteiger partial charge in [0.05, 0.1) is 5.69 Å². The molecule has 0 saturated heterocycles. The standard InChI is InChI=1S/C13H11FN2O3S/c1-7-11(12(19)15-6-10(17)18)20-13(16-7)8-4-2-3-5-9(8)14/h2-5H,6H2,1H3,(H,15,19)(H,17,18). The summed E-state index contributed by atoms with van der Waals surface area (Å²) in [7, 11) is 0. The second-order valence-corrected chi connectivity index (χ2v) is 4.99. The molecule has 0 aliphatic rings. The normalized spacial score (nSPS) is 10.3. The summed E-state index contributed by atoms with van der Waals surface area (Å²) in [5, 5.41) is 11.2. The zero-order valence-corrected chi connectivity index (χ0v) is 11.3. The fourth-order valence-corrected chi connectivity index (χ4v) is 2.60. The summed E-state index contributed by atoms with van der Waals surface area (Å²) in [6.07, 6.45) is 0. The van der Waals surface area contributed by atoms with E-state index in [0.717, 1.165) is 11.3 Å². The van der Waals surface area contributed by atoms with Crippen LogP contribution < -0.4 is 5.32 Å². The molecule has 0 bridgehead atoms. The lowest BCUT2D eigenvalue weighted by molar-refractivity contribution is -0.135. The molecule has 1 heterocycles. The zero-order chi connectivity index (χ0) is 14.7. The molecule has 2 N–H and O–H groups in total. The molecule has 0 fully saturated rings. The molecule has 0 saturated carbocycles. The number of hydrogen-bond donors (Lipinski definition) is 2. The summed E-state index contributed by atoms with van der Waals surface area (Å²) < 4.78 is 13.7.